The van der Waals surface area contributed by atoms with Crippen LogP contribution in [0.3, 0.4) is 0 Å². The van der Waals surface area contributed by atoms with Crippen LogP contribution in [0.1, 0.15) is 105 Å². The molecule has 0 unspecified atom stereocenters. The Morgan fingerprint density at radius 2 is 0.689 bits per heavy atom. The Hall–Kier alpha value is -4.70. The fourth-order valence-corrected chi connectivity index (χ4v) is 8.26. The molecule has 0 atom stereocenters. The van der Waals surface area contributed by atoms with Crippen LogP contribution in [0.4, 0.5) is 11.4 Å². The van der Waals surface area contributed by atoms with Gasteiger partial charge in [0.25, 0.3) is 0 Å². The van der Waals surface area contributed by atoms with Gasteiger partial charge in [-0.05, 0) is 104 Å². The van der Waals surface area contributed by atoms with Gasteiger partial charge in [0.05, 0.1) is 21.2 Å². The van der Waals surface area contributed by atoms with Crippen LogP contribution in [-0.2, 0) is 61.2 Å². The van der Waals surface area contributed by atoms with E-state index in [1.54, 1.807) is 85.2 Å². The van der Waals surface area contributed by atoms with Crippen LogP contribution < -0.4 is 0 Å². The molecule has 2 heterocycles. The van der Waals surface area contributed by atoms with Gasteiger partial charge in [0.15, 0.2) is 0 Å². The Morgan fingerprint density at radius 3 is 0.984 bits per heavy atom. The Balaban J connectivity index is 0.000000264. The molecule has 0 fully saturated rings. The van der Waals surface area contributed by atoms with Crippen LogP contribution in [0.2, 0.25) is 0 Å². The van der Waals surface area contributed by atoms with Crippen LogP contribution in [0.5, 0.6) is 0 Å². The monoisotopic (exact) mass is 906 g/mol. The van der Waals surface area contributed by atoms with E-state index in [9.17, 15) is 16.8 Å². The van der Waals surface area contributed by atoms with Crippen LogP contribution >= 0.6 is 0 Å². The smallest absolute Gasteiger partial charge is 0.572 e. The van der Waals surface area contributed by atoms with Crippen molar-refractivity contribution in [1.29, 1.82) is 0 Å². The molecule has 4 aromatic carbocycles. The second-order valence-electron chi connectivity index (χ2n) is 19.1. The van der Waals surface area contributed by atoms with E-state index in [0.717, 1.165) is 33.6 Å². The minimum absolute atomic E-state index is 0. The van der Waals surface area contributed by atoms with Gasteiger partial charge in [0.2, 0.25) is 0 Å². The topological polar surface area (TPSA) is 122 Å². The molecule has 11 heteroatoms. The molecule has 2 aromatic heterocycles. The summed E-state index contributed by atoms with van der Waals surface area (Å²) in [6.07, 6.45) is 3.55. The molecular weight excluding hydrogens is 850 g/mol. The summed E-state index contributed by atoms with van der Waals surface area (Å²) in [6.45, 7) is 25.6. The van der Waals surface area contributed by atoms with Crippen molar-refractivity contribution in [2.45, 2.75) is 115 Å². The van der Waals surface area contributed by atoms with E-state index >= 15 is 0 Å². The van der Waals surface area contributed by atoms with Crippen molar-refractivity contribution in [1.82, 2.24) is 9.97 Å². The van der Waals surface area contributed by atoms with Crippen LogP contribution in [-0.4, -0.2) is 26.8 Å². The summed E-state index contributed by atoms with van der Waals surface area (Å²) >= 11 is 0. The van der Waals surface area contributed by atoms with Crippen molar-refractivity contribution in [2.24, 2.45) is 0 Å². The Labute approximate surface area is 378 Å². The van der Waals surface area contributed by atoms with Gasteiger partial charge in [-0.3, -0.25) is 9.97 Å². The zero-order valence-corrected chi connectivity index (χ0v) is 42.2. The maximum Gasteiger partial charge on any atom is 2.00 e. The van der Waals surface area contributed by atoms with Crippen LogP contribution in [0.15, 0.2) is 144 Å². The summed E-state index contributed by atoms with van der Waals surface area (Å²) in [4.78, 5) is 9.46. The molecule has 0 aliphatic carbocycles. The van der Waals surface area contributed by atoms with Crippen molar-refractivity contribution in [3.8, 4) is 22.5 Å². The molecule has 0 amide bonds. The van der Waals surface area contributed by atoms with Gasteiger partial charge in [-0.1, -0.05) is 156 Å². The average molecular weight is 909 g/mol. The Morgan fingerprint density at radius 1 is 0.393 bits per heavy atom. The maximum atomic E-state index is 12.9. The maximum absolute atomic E-state index is 12.9. The normalized spacial score (nSPS) is 12.4. The Kier molecular flexibility index (Phi) is 15.0. The van der Waals surface area contributed by atoms with E-state index in [4.69, 9.17) is 0 Å². The van der Waals surface area contributed by atoms with Crippen molar-refractivity contribution in [2.75, 3.05) is 0 Å². The third kappa shape index (κ3) is 12.7. The summed E-state index contributed by atoms with van der Waals surface area (Å²) in [5.74, 6) is 0. The predicted molar refractivity (Wildman–Crippen MR) is 247 cm³/mol. The number of rotatable bonds is 8. The molecule has 0 saturated heterocycles. The summed E-state index contributed by atoms with van der Waals surface area (Å²) in [6, 6.07) is 36.1. The second-order valence-corrected chi connectivity index (χ2v) is 22.3. The molecule has 0 bridgehead atoms. The summed E-state index contributed by atoms with van der Waals surface area (Å²) < 4.78 is 60.0. The standard InChI is InChI=1S/2C25H29N2O2S.Zn/c2*1-24(2,3)18-12-13-22(27-30(28,29)20-10-8-7-9-11-20)21(16-18)23-17-19(14-15-26-23)25(4,5)6;/h2*7-17H,1-6H3;/q2*-1;+2. The SMILES string of the molecule is CC(C)(C)c1ccnc(-c2cc(C(C)(C)C)ccc2[N-]S(=O)(=O)c2ccccc2)c1.CC(C)(C)c1ccnc(-c2cc(C(C)(C)C)ccc2[N-]S(=O)(=O)c2ccccc2)c1.[Zn+2]. The van der Waals surface area contributed by atoms with Gasteiger partial charge in [0, 0.05) is 12.4 Å². The first-order valence-corrected chi connectivity index (χ1v) is 22.9. The summed E-state index contributed by atoms with van der Waals surface area (Å²) in [5, 5.41) is 0. The summed E-state index contributed by atoms with van der Waals surface area (Å²) in [7, 11) is -7.67. The minimum atomic E-state index is -3.83. The number of sulfonamides is 2. The fraction of sp³-hybridized carbons (Fsp3) is 0.320. The van der Waals surface area contributed by atoms with Gasteiger partial charge < -0.3 is 9.44 Å². The first kappa shape index (κ1) is 49.0. The predicted octanol–water partition coefficient (Wildman–Crippen LogP) is 13.5. The van der Waals surface area contributed by atoms with Gasteiger partial charge in [0.1, 0.15) is 20.0 Å². The Bertz CT molecular complexity index is 2470. The van der Waals surface area contributed by atoms with E-state index < -0.39 is 20.0 Å². The van der Waals surface area contributed by atoms with Gasteiger partial charge >= 0.3 is 19.5 Å². The minimum Gasteiger partial charge on any atom is -0.572 e. The van der Waals surface area contributed by atoms with Gasteiger partial charge in [-0.25, -0.2) is 16.8 Å². The molecule has 0 N–H and O–H groups in total. The zero-order valence-electron chi connectivity index (χ0n) is 37.6. The molecule has 6 rings (SSSR count). The molecule has 0 saturated carbocycles. The molecule has 8 nitrogen and oxygen atoms in total. The molecule has 0 aliphatic rings. The number of pyridine rings is 2. The number of aromatic nitrogens is 2. The average Bonchev–Trinajstić information content (AvgIpc) is 3.17. The molecule has 6 aromatic rings. The molecule has 0 spiro atoms. The van der Waals surface area contributed by atoms with Crippen molar-refractivity contribution in [3.05, 3.63) is 165 Å². The number of hydrogen-bond donors (Lipinski definition) is 0. The quantitative estimate of drug-likeness (QED) is 0.140. The van der Waals surface area contributed by atoms with E-state index in [1.807, 2.05) is 48.5 Å². The zero-order chi connectivity index (χ0) is 44.3. The van der Waals surface area contributed by atoms with E-state index in [-0.39, 0.29) is 50.9 Å². The van der Waals surface area contributed by atoms with Crippen molar-refractivity contribution < 1.29 is 36.3 Å². The molecular formula is C50H58N4O4S2Zn. The van der Waals surface area contributed by atoms with E-state index in [2.05, 4.69) is 102 Å². The summed E-state index contributed by atoms with van der Waals surface area (Å²) in [5.41, 5.74) is 7.83. The largest absolute Gasteiger partial charge is 2.00 e. The van der Waals surface area contributed by atoms with Crippen molar-refractivity contribution >= 4 is 31.4 Å². The van der Waals surface area contributed by atoms with E-state index in [1.165, 1.54) is 0 Å². The van der Waals surface area contributed by atoms with Gasteiger partial charge in [-0.15, -0.1) is 11.4 Å². The number of hydrogen-bond acceptors (Lipinski definition) is 6. The van der Waals surface area contributed by atoms with Crippen molar-refractivity contribution in [3.63, 3.8) is 0 Å². The van der Waals surface area contributed by atoms with Crippen LogP contribution in [0.25, 0.3) is 32.0 Å². The number of benzene rings is 4. The third-order valence-corrected chi connectivity index (χ3v) is 12.7. The first-order valence-electron chi connectivity index (χ1n) is 20.0. The van der Waals surface area contributed by atoms with E-state index in [0.29, 0.717) is 22.5 Å². The van der Waals surface area contributed by atoms with Gasteiger partial charge in [-0.2, -0.15) is 0 Å². The molecule has 0 aliphatic heterocycles. The van der Waals surface area contributed by atoms with Crippen LogP contribution in [0, 0.1) is 0 Å². The molecule has 0 radical (unpaired) electrons. The first-order chi connectivity index (χ1) is 27.8. The molecule has 61 heavy (non-hydrogen) atoms. The third-order valence-electron chi connectivity index (χ3n) is 10.0. The fourth-order valence-electron chi connectivity index (χ4n) is 6.21. The number of nitrogens with zero attached hydrogens (tertiary/aromatic N) is 4. The molecule has 316 valence electrons. The second kappa shape index (κ2) is 18.7.